The molecule has 0 atom stereocenters. The highest BCUT2D eigenvalue weighted by atomic mass is 32.2. The third kappa shape index (κ3) is 2.80. The largest absolute Gasteiger partial charge is 0.744 e. The average molecular weight is 368 g/mol. The minimum absolute atomic E-state index is 0.225. The van der Waals surface area contributed by atoms with Crippen molar-refractivity contribution < 1.29 is 39.8 Å². The highest BCUT2D eigenvalue weighted by Crippen LogP contribution is 2.37. The number of nitro groups is 1. The minimum Gasteiger partial charge on any atom is -0.744 e. The summed E-state index contributed by atoms with van der Waals surface area (Å²) in [5, 5.41) is 10.7. The smallest absolute Gasteiger partial charge is 0.270 e. The van der Waals surface area contributed by atoms with Crippen molar-refractivity contribution in [3.63, 3.8) is 0 Å². The number of rotatable bonds is 3. The molecule has 0 unspecified atom stereocenters. The monoisotopic (exact) mass is 368 g/mol. The number of halogens is 5. The first kappa shape index (κ1) is 17.7. The molecule has 0 N–H and O–H groups in total. The van der Waals surface area contributed by atoms with Gasteiger partial charge in [0.1, 0.15) is 10.1 Å². The number of nitrogens with zero attached hydrogens (tertiary/aromatic N) is 1. The molecule has 0 radical (unpaired) electrons. The van der Waals surface area contributed by atoms with Crippen molar-refractivity contribution >= 4 is 15.8 Å². The molecule has 0 amide bonds. The molecule has 6 nitrogen and oxygen atoms in total. The van der Waals surface area contributed by atoms with Crippen LogP contribution < -0.4 is 0 Å². The normalized spacial score (nSPS) is 11.6. The third-order valence-corrected chi connectivity index (χ3v) is 3.82. The van der Waals surface area contributed by atoms with Gasteiger partial charge in [-0.15, -0.1) is 0 Å². The number of non-ortho nitro benzene ring substituents is 1. The van der Waals surface area contributed by atoms with E-state index < -0.39 is 65.8 Å². The molecule has 0 heterocycles. The van der Waals surface area contributed by atoms with Crippen LogP contribution in [-0.2, 0) is 10.1 Å². The predicted octanol–water partition coefficient (Wildman–Crippen LogP) is 2.86. The van der Waals surface area contributed by atoms with Gasteiger partial charge in [-0.2, -0.15) is 0 Å². The molecule has 2 rings (SSSR count). The number of hydrogen-bond donors (Lipinski definition) is 0. The molecule has 0 saturated heterocycles. The zero-order chi connectivity index (χ0) is 18.4. The second-order valence-corrected chi connectivity index (χ2v) is 5.68. The van der Waals surface area contributed by atoms with E-state index in [-0.39, 0.29) is 6.07 Å². The zero-order valence-electron chi connectivity index (χ0n) is 11.0. The molecule has 0 aromatic heterocycles. The third-order valence-electron chi connectivity index (χ3n) is 2.92. The summed E-state index contributed by atoms with van der Waals surface area (Å²) in [6.45, 7) is 0. The first-order valence-corrected chi connectivity index (χ1v) is 7.13. The molecule has 0 aliphatic heterocycles. The van der Waals surface area contributed by atoms with Crippen LogP contribution in [0.4, 0.5) is 27.6 Å². The Bertz CT molecular complexity index is 947. The first-order chi connectivity index (χ1) is 11.0. The highest BCUT2D eigenvalue weighted by Gasteiger charge is 2.29. The second kappa shape index (κ2) is 5.79. The van der Waals surface area contributed by atoms with Crippen molar-refractivity contribution in [1.82, 2.24) is 0 Å². The van der Waals surface area contributed by atoms with Gasteiger partial charge in [0.25, 0.3) is 5.69 Å². The molecule has 0 aliphatic carbocycles. The van der Waals surface area contributed by atoms with Gasteiger partial charge in [-0.05, 0) is 6.07 Å². The van der Waals surface area contributed by atoms with Crippen LogP contribution in [0.5, 0.6) is 0 Å². The fourth-order valence-electron chi connectivity index (χ4n) is 1.89. The molecule has 12 heteroatoms. The Balaban J connectivity index is 3.01. The maximum atomic E-state index is 13.8. The van der Waals surface area contributed by atoms with E-state index in [1.54, 1.807) is 0 Å². The van der Waals surface area contributed by atoms with Gasteiger partial charge in [0, 0.05) is 17.7 Å². The van der Waals surface area contributed by atoms with Gasteiger partial charge in [-0.1, -0.05) is 0 Å². The fourth-order valence-corrected chi connectivity index (χ4v) is 2.55. The Morgan fingerprint density at radius 2 is 1.33 bits per heavy atom. The van der Waals surface area contributed by atoms with Crippen molar-refractivity contribution in [3.8, 4) is 11.1 Å². The van der Waals surface area contributed by atoms with Crippen LogP contribution in [0.3, 0.4) is 0 Å². The first-order valence-electron chi connectivity index (χ1n) is 5.73. The van der Waals surface area contributed by atoms with Crippen LogP contribution in [0.25, 0.3) is 11.1 Å². The molecule has 0 bridgehead atoms. The molecule has 0 aliphatic rings. The van der Waals surface area contributed by atoms with E-state index in [4.69, 9.17) is 0 Å². The molecular formula is C12H3F5NO5S-. The molecule has 2 aromatic rings. The van der Waals surface area contributed by atoms with Crippen molar-refractivity contribution in [2.75, 3.05) is 0 Å². The standard InChI is InChI=1S/C12H4F5NO5S/c13-8-7(9(14)11(16)12(17)10(8)15)5-3-4(18(19)20)1-2-6(5)24(21,22)23/h1-3H,(H,21,22,23)/p-1. The molecular weight excluding hydrogens is 365 g/mol. The number of nitro benzene ring substituents is 1. The van der Waals surface area contributed by atoms with Gasteiger partial charge in [0.2, 0.25) is 5.82 Å². The van der Waals surface area contributed by atoms with E-state index in [1.807, 2.05) is 0 Å². The molecule has 0 spiro atoms. The van der Waals surface area contributed by atoms with Crippen LogP contribution in [0.15, 0.2) is 23.1 Å². The van der Waals surface area contributed by atoms with Crippen LogP contribution >= 0.6 is 0 Å². The van der Waals surface area contributed by atoms with Crippen LogP contribution in [0.1, 0.15) is 0 Å². The zero-order valence-corrected chi connectivity index (χ0v) is 11.8. The lowest BCUT2D eigenvalue weighted by molar-refractivity contribution is -0.384. The Labute approximate surface area is 130 Å². The Hall–Kier alpha value is -2.60. The van der Waals surface area contributed by atoms with Gasteiger partial charge < -0.3 is 4.55 Å². The topological polar surface area (TPSA) is 100 Å². The molecule has 128 valence electrons. The number of benzene rings is 2. The summed E-state index contributed by atoms with van der Waals surface area (Å²) in [5.74, 6) is -12.2. The van der Waals surface area contributed by atoms with Crippen molar-refractivity contribution in [3.05, 3.63) is 57.4 Å². The van der Waals surface area contributed by atoms with Crippen LogP contribution in [-0.4, -0.2) is 17.9 Å². The lowest BCUT2D eigenvalue weighted by atomic mass is 10.0. The summed E-state index contributed by atoms with van der Waals surface area (Å²) in [6, 6.07) is 1.09. The van der Waals surface area contributed by atoms with E-state index >= 15 is 0 Å². The average Bonchev–Trinajstić information content (AvgIpc) is 2.50. The highest BCUT2D eigenvalue weighted by molar-refractivity contribution is 7.85. The molecule has 2 aromatic carbocycles. The maximum absolute atomic E-state index is 13.8. The summed E-state index contributed by atoms with van der Waals surface area (Å²) in [6.07, 6.45) is 0. The van der Waals surface area contributed by atoms with Gasteiger partial charge in [0.15, 0.2) is 23.3 Å². The Kier molecular flexibility index (Phi) is 4.29. The molecule has 0 saturated carbocycles. The summed E-state index contributed by atoms with van der Waals surface area (Å²) in [4.78, 5) is 8.19. The van der Waals surface area contributed by atoms with E-state index in [0.29, 0.717) is 12.1 Å². The van der Waals surface area contributed by atoms with Crippen LogP contribution in [0.2, 0.25) is 0 Å². The lowest BCUT2D eigenvalue weighted by Gasteiger charge is -2.15. The van der Waals surface area contributed by atoms with E-state index in [9.17, 15) is 45.0 Å². The summed E-state index contributed by atoms with van der Waals surface area (Å²) >= 11 is 0. The van der Waals surface area contributed by atoms with E-state index in [1.165, 1.54) is 0 Å². The minimum atomic E-state index is -5.44. The Morgan fingerprint density at radius 3 is 1.75 bits per heavy atom. The van der Waals surface area contributed by atoms with Crippen molar-refractivity contribution in [2.45, 2.75) is 4.90 Å². The summed E-state index contributed by atoms with van der Waals surface area (Å²) in [7, 11) is -5.44. The van der Waals surface area contributed by atoms with Gasteiger partial charge in [-0.25, -0.2) is 30.4 Å². The maximum Gasteiger partial charge on any atom is 0.270 e. The summed E-state index contributed by atoms with van der Waals surface area (Å²) in [5.41, 5.74) is -4.00. The number of hydrogen-bond acceptors (Lipinski definition) is 5. The van der Waals surface area contributed by atoms with Gasteiger partial charge >= 0.3 is 0 Å². The fraction of sp³-hybridized carbons (Fsp3) is 0. The SMILES string of the molecule is O=[N+]([O-])c1ccc(S(=O)(=O)[O-])c(-c2c(F)c(F)c(F)c(F)c2F)c1. The lowest BCUT2D eigenvalue weighted by Crippen LogP contribution is -2.08. The van der Waals surface area contributed by atoms with Crippen LogP contribution in [0, 0.1) is 39.2 Å². The predicted molar refractivity (Wildman–Crippen MR) is 66.3 cm³/mol. The summed E-state index contributed by atoms with van der Waals surface area (Å²) < 4.78 is 101. The Morgan fingerprint density at radius 1 is 0.875 bits per heavy atom. The van der Waals surface area contributed by atoms with Crippen molar-refractivity contribution in [1.29, 1.82) is 0 Å². The van der Waals surface area contributed by atoms with E-state index in [2.05, 4.69) is 0 Å². The van der Waals surface area contributed by atoms with Gasteiger partial charge in [0.05, 0.1) is 15.4 Å². The second-order valence-electron chi connectivity index (χ2n) is 4.34. The molecule has 0 fully saturated rings. The van der Waals surface area contributed by atoms with Crippen molar-refractivity contribution in [2.24, 2.45) is 0 Å². The van der Waals surface area contributed by atoms with Gasteiger partial charge in [-0.3, -0.25) is 10.1 Å². The molecule has 24 heavy (non-hydrogen) atoms. The van der Waals surface area contributed by atoms with E-state index in [0.717, 1.165) is 0 Å². The quantitative estimate of drug-likeness (QED) is 0.207.